The molecule has 30 rings (SSSR count). The predicted molar refractivity (Wildman–Crippen MR) is 473 cm³/mol. The van der Waals surface area contributed by atoms with Crippen molar-refractivity contribution in [3.8, 4) is 44.5 Å². The summed E-state index contributed by atoms with van der Waals surface area (Å²) in [7, 11) is 0. The summed E-state index contributed by atoms with van der Waals surface area (Å²) in [5.74, 6) is 8.50. The molecule has 0 aliphatic heterocycles. The number of hydrogen-bond acceptors (Lipinski definition) is 4. The number of aryl methyl sites for hydroxylation is 1. The van der Waals surface area contributed by atoms with Crippen molar-refractivity contribution >= 4 is 78.0 Å². The first-order chi connectivity index (χ1) is 56.7. The Labute approximate surface area is 681 Å². The third-order valence-corrected chi connectivity index (χ3v) is 36.0. The molecule has 0 amide bonds. The number of rotatable bonds is 9. The molecule has 16 aliphatic rings. The lowest BCUT2D eigenvalue weighted by Crippen LogP contribution is -2.50. The number of fused-ring (bicyclic) bond motifs is 24. The van der Waals surface area contributed by atoms with E-state index in [0.29, 0.717) is 46.8 Å². The Morgan fingerprint density at radius 3 is 1.43 bits per heavy atom. The molecule has 2 aromatic heterocycles. The second-order valence-corrected chi connectivity index (χ2v) is 41.8. The van der Waals surface area contributed by atoms with Crippen LogP contribution in [0.1, 0.15) is 186 Å². The summed E-state index contributed by atoms with van der Waals surface area (Å²) in [4.78, 5) is 5.45. The summed E-state index contributed by atoms with van der Waals surface area (Å²) in [6.45, 7) is 9.85. The molecule has 12 saturated carbocycles. The first kappa shape index (κ1) is 65.9. The number of hydrogen-bond donors (Lipinski definition) is 0. The fraction of sp³-hybridized carbons (Fsp3) is 0.357. The zero-order chi connectivity index (χ0) is 76.0. The molecule has 0 radical (unpaired) electrons. The molecule has 0 N–H and O–H groups in total. The maximum atomic E-state index is 7.48. The van der Waals surface area contributed by atoms with Crippen LogP contribution in [0.2, 0.25) is 0 Å². The number of furan rings is 2. The average molecular weight is 1510 g/mol. The normalized spacial score (nSPS) is 31.4. The Balaban J connectivity index is 0.612. The van der Waals surface area contributed by atoms with E-state index in [1.54, 1.807) is 22.3 Å². The molecule has 12 atom stereocenters. The van der Waals surface area contributed by atoms with E-state index < -0.39 is 0 Å². The van der Waals surface area contributed by atoms with E-state index >= 15 is 0 Å². The molecule has 4 nitrogen and oxygen atoms in total. The van der Waals surface area contributed by atoms with Crippen LogP contribution in [-0.2, 0) is 39.9 Å². The lowest BCUT2D eigenvalue weighted by Gasteiger charge is -2.57. The molecule has 116 heavy (non-hydrogen) atoms. The average Bonchev–Trinajstić information content (AvgIpc) is 1.47. The van der Waals surface area contributed by atoms with Crippen LogP contribution in [0.5, 0.6) is 0 Å². The highest BCUT2D eigenvalue weighted by Gasteiger charge is 2.77. The first-order valence-electron chi connectivity index (χ1n) is 45.2. The molecule has 0 saturated heterocycles. The smallest absolute Gasteiger partial charge is 0.137 e. The fourth-order valence-electron chi connectivity index (χ4n) is 32.6. The summed E-state index contributed by atoms with van der Waals surface area (Å²) in [6.07, 6.45) is 23.7. The molecule has 2 heterocycles. The predicted octanol–water partition coefficient (Wildman–Crippen LogP) is 29.0. The minimum Gasteiger partial charge on any atom is -0.456 e. The summed E-state index contributed by atoms with van der Waals surface area (Å²) >= 11 is 0. The Kier molecular flexibility index (Phi) is 12.8. The van der Waals surface area contributed by atoms with Gasteiger partial charge in [0.1, 0.15) is 22.3 Å². The van der Waals surface area contributed by atoms with Gasteiger partial charge in [-0.2, -0.15) is 0 Å². The second-order valence-electron chi connectivity index (χ2n) is 41.8. The summed E-state index contributed by atoms with van der Waals surface area (Å²) in [5.41, 5.74) is 38.1. The highest BCUT2D eigenvalue weighted by molar-refractivity contribution is 6.10. The van der Waals surface area contributed by atoms with Gasteiger partial charge in [-0.3, -0.25) is 0 Å². The van der Waals surface area contributed by atoms with Crippen molar-refractivity contribution in [1.82, 2.24) is 0 Å². The van der Waals surface area contributed by atoms with E-state index in [1.165, 1.54) is 236 Å². The van der Waals surface area contributed by atoms with E-state index in [4.69, 9.17) is 8.83 Å². The van der Waals surface area contributed by atoms with E-state index in [2.05, 4.69) is 280 Å². The molecule has 14 aromatic rings. The number of para-hydroxylation sites is 2. The Bertz CT molecular complexity index is 6650. The van der Waals surface area contributed by atoms with Crippen molar-refractivity contribution in [2.45, 2.75) is 170 Å². The Morgan fingerprint density at radius 2 is 0.793 bits per heavy atom. The highest BCUT2D eigenvalue weighted by Crippen LogP contribution is 2.84. The van der Waals surface area contributed by atoms with Crippen molar-refractivity contribution in [1.29, 1.82) is 0 Å². The van der Waals surface area contributed by atoms with Crippen LogP contribution in [-0.4, -0.2) is 0 Å². The minimum absolute atomic E-state index is 0.0246. The molecule has 12 aromatic carbocycles. The quantitative estimate of drug-likeness (QED) is 0.144. The number of benzene rings is 12. The SMILES string of the molecule is CC1(C)c2ccccc2-c2ccc(N(c3ccc4c(c3)CC(C3C5CC6CC3C(c3cc(N(c7ccc8c(c7)C(C)(C)c7ccccc7-8)c7ccc8c(c7)C7(c9ccccc9-8)C8CC9CC%10CC7C%10(C9)C8)cc7oc8ccccc8c37)(C6)C5)CCc3ccccc3-4)c3cc(C45CC6CC(CC(C6)C4)C5)c4c(c3)oc3ccccc34)cc21. The molecular weight excluding hydrogens is 1410 g/mol. The monoisotopic (exact) mass is 1500 g/mol. The lowest BCUT2D eigenvalue weighted by molar-refractivity contribution is -0.0193. The van der Waals surface area contributed by atoms with Gasteiger partial charge in [0, 0.05) is 72.7 Å². The van der Waals surface area contributed by atoms with Gasteiger partial charge in [-0.25, -0.2) is 0 Å². The van der Waals surface area contributed by atoms with Crippen molar-refractivity contribution in [2.24, 2.45) is 76.4 Å². The van der Waals surface area contributed by atoms with Crippen LogP contribution in [0, 0.1) is 76.4 Å². The van der Waals surface area contributed by atoms with Gasteiger partial charge in [-0.1, -0.05) is 185 Å². The lowest BCUT2D eigenvalue weighted by atomic mass is 9.47. The van der Waals surface area contributed by atoms with Crippen LogP contribution in [0.3, 0.4) is 0 Å². The van der Waals surface area contributed by atoms with Gasteiger partial charge in [-0.15, -0.1) is 0 Å². The second kappa shape index (κ2) is 22.6. The third kappa shape index (κ3) is 8.39. The molecule has 16 aliphatic carbocycles. The molecule has 12 fully saturated rings. The number of anilines is 6. The van der Waals surface area contributed by atoms with Crippen molar-refractivity contribution in [2.75, 3.05) is 9.80 Å². The van der Waals surface area contributed by atoms with Crippen LogP contribution < -0.4 is 9.80 Å². The van der Waals surface area contributed by atoms with E-state index in [9.17, 15) is 0 Å². The van der Waals surface area contributed by atoms with Gasteiger partial charge in [0.2, 0.25) is 0 Å². The van der Waals surface area contributed by atoms with E-state index in [0.717, 1.165) is 64.8 Å². The van der Waals surface area contributed by atoms with E-state index in [-0.39, 0.29) is 27.1 Å². The molecule has 4 heteroatoms. The van der Waals surface area contributed by atoms with Gasteiger partial charge >= 0.3 is 0 Å². The topological polar surface area (TPSA) is 32.8 Å². The first-order valence-corrected chi connectivity index (χ1v) is 45.2. The van der Waals surface area contributed by atoms with E-state index in [1.807, 2.05) is 0 Å². The van der Waals surface area contributed by atoms with Crippen molar-refractivity contribution in [3.63, 3.8) is 0 Å². The van der Waals surface area contributed by atoms with Crippen LogP contribution in [0.4, 0.5) is 34.1 Å². The fourth-order valence-corrected chi connectivity index (χ4v) is 32.6. The zero-order valence-electron chi connectivity index (χ0n) is 67.5. The zero-order valence-corrected chi connectivity index (χ0v) is 67.5. The molecular formula is C112H100N2O2. The van der Waals surface area contributed by atoms with Gasteiger partial charge in [0.25, 0.3) is 0 Å². The van der Waals surface area contributed by atoms with Gasteiger partial charge in [0.15, 0.2) is 0 Å². The molecule has 12 unspecified atom stereocenters. The molecule has 11 bridgehead atoms. The van der Waals surface area contributed by atoms with Gasteiger partial charge in [0.05, 0.1) is 11.4 Å². The summed E-state index contributed by atoms with van der Waals surface area (Å²) < 4.78 is 14.7. The van der Waals surface area contributed by atoms with Crippen molar-refractivity contribution in [3.05, 3.63) is 298 Å². The summed E-state index contributed by atoms with van der Waals surface area (Å²) in [5, 5.41) is 5.27. The largest absolute Gasteiger partial charge is 0.456 e. The van der Waals surface area contributed by atoms with Crippen LogP contribution in [0.15, 0.2) is 251 Å². The molecule has 2 spiro atoms. The maximum Gasteiger partial charge on any atom is 0.137 e. The molecule has 570 valence electrons. The standard InChI is InChI=1S/C112H100N2O2/c1-107(2)90-24-12-7-19-82(90)85-36-32-75(49-93(85)107)113(78-52-96(105-88-22-10-15-27-99(88)115-101(105)54-78)109-56-63-39-64(57-109)41-65(40-63)58-109)74-31-35-81-70(47-74)46-69(30-29-68-17-5-6-18-80(68)81)104-71-42-66-45-97(104)111(60-66,61-71)98-53-79(55-102-106(98)89-23-11-16-28-100(89)116-102)114(76-33-37-86-83-20-8-13-25-91(83)108(3,4)94(86)50-76)77-34-38-87-84-21-9-14-26-92(84)112(95(87)51-77)73-44-67-43-72-48-103(112)110(72,59-67)62-73/h5-28,31-38,47,49-55,63-67,69,71-73,97,103-104H,29-30,39-46,48,56-62H2,1-4H3. The van der Waals surface area contributed by atoms with Gasteiger partial charge in [-0.05, 0) is 376 Å². The van der Waals surface area contributed by atoms with Gasteiger partial charge < -0.3 is 18.6 Å². The minimum atomic E-state index is -0.169. The third-order valence-electron chi connectivity index (χ3n) is 36.0. The van der Waals surface area contributed by atoms with Crippen LogP contribution in [0.25, 0.3) is 88.4 Å². The number of nitrogens with zero attached hydrogens (tertiary/aromatic N) is 2. The van der Waals surface area contributed by atoms with Crippen LogP contribution >= 0.6 is 0 Å². The maximum absolute atomic E-state index is 7.48. The highest BCUT2D eigenvalue weighted by atomic mass is 16.3. The summed E-state index contributed by atoms with van der Waals surface area (Å²) in [6, 6.07) is 97.2. The Hall–Kier alpha value is -10.2. The Morgan fingerprint density at radius 1 is 0.319 bits per heavy atom. The van der Waals surface area contributed by atoms with Crippen molar-refractivity contribution < 1.29 is 8.83 Å².